The van der Waals surface area contributed by atoms with Gasteiger partial charge in [0.1, 0.15) is 18.0 Å². The lowest BCUT2D eigenvalue weighted by molar-refractivity contribution is -0.119. The number of hydrogen-bond acceptors (Lipinski definition) is 7. The van der Waals surface area contributed by atoms with Gasteiger partial charge in [-0.2, -0.15) is 5.10 Å². The molecule has 5 heterocycles. The van der Waals surface area contributed by atoms with Crippen molar-refractivity contribution in [2.24, 2.45) is 5.92 Å². The molecule has 0 spiro atoms. The van der Waals surface area contributed by atoms with Crippen LogP contribution in [0.1, 0.15) is 56.0 Å². The topological polar surface area (TPSA) is 99.1 Å². The molecule has 5 unspecified atom stereocenters. The third-order valence-electron chi connectivity index (χ3n) is 8.27. The molecule has 2 aromatic rings. The van der Waals surface area contributed by atoms with Crippen LogP contribution >= 0.6 is 0 Å². The monoisotopic (exact) mass is 482 g/mol. The predicted octanol–water partition coefficient (Wildman–Crippen LogP) is 2.12. The number of halogens is 1. The van der Waals surface area contributed by atoms with Gasteiger partial charge in [-0.05, 0) is 69.3 Å². The molecule has 0 bridgehead atoms. The Kier molecular flexibility index (Phi) is 6.42. The zero-order valence-electron chi connectivity index (χ0n) is 20.0. The first-order valence-electron chi connectivity index (χ1n) is 13.1. The maximum Gasteiger partial charge on any atom is 0.243 e. The van der Waals surface area contributed by atoms with E-state index < -0.39 is 12.2 Å². The zero-order valence-corrected chi connectivity index (χ0v) is 20.0. The Balaban J connectivity index is 1.11. The molecule has 3 saturated heterocycles. The van der Waals surface area contributed by atoms with Gasteiger partial charge in [0.05, 0.1) is 24.1 Å². The first kappa shape index (κ1) is 22.9. The number of carbonyl (C=O) groups is 1. The quantitative estimate of drug-likeness (QED) is 0.518. The van der Waals surface area contributed by atoms with Crippen LogP contribution in [0.15, 0.2) is 30.7 Å². The summed E-state index contributed by atoms with van der Waals surface area (Å²) in [6, 6.07) is 3.77. The number of aromatic nitrogens is 3. The van der Waals surface area contributed by atoms with Crippen LogP contribution in [0.3, 0.4) is 0 Å². The number of nitrogens with zero attached hydrogens (tertiary/aromatic N) is 4. The third kappa shape index (κ3) is 4.66. The molecule has 35 heavy (non-hydrogen) atoms. The Morgan fingerprint density at radius 2 is 1.91 bits per heavy atom. The summed E-state index contributed by atoms with van der Waals surface area (Å²) in [6.45, 7) is 4.05. The lowest BCUT2D eigenvalue weighted by Gasteiger charge is -2.35. The number of amides is 1. The maximum atomic E-state index is 15.2. The molecule has 5 atom stereocenters. The van der Waals surface area contributed by atoms with Crippen LogP contribution in [0.4, 0.5) is 15.9 Å². The van der Waals surface area contributed by atoms with E-state index in [4.69, 9.17) is 0 Å². The standard InChI is InChI=1S/C25H35FN8O/c26-21-12-22-20(11-19(21)16-13-29-34(15-16)18-5-7-27-8-6-18)24(32-31-22)25(35)30-17-3-4-23(28-14-17)33-9-1-2-10-33/h3-4,13-15,18-22,24,27,31-32H,1-2,5-12H2,(H,30,35). The molecule has 1 amide bonds. The Morgan fingerprint density at radius 3 is 2.69 bits per heavy atom. The molecule has 0 radical (unpaired) electrons. The van der Waals surface area contributed by atoms with E-state index in [1.54, 1.807) is 6.20 Å². The van der Waals surface area contributed by atoms with Gasteiger partial charge in [-0.25, -0.2) is 14.8 Å². The van der Waals surface area contributed by atoms with Crippen LogP contribution in [0, 0.1) is 5.92 Å². The van der Waals surface area contributed by atoms with Crippen LogP contribution in [-0.2, 0) is 4.79 Å². The molecule has 10 heteroatoms. The second kappa shape index (κ2) is 9.83. The van der Waals surface area contributed by atoms with E-state index in [9.17, 15) is 4.79 Å². The molecule has 188 valence electrons. The summed E-state index contributed by atoms with van der Waals surface area (Å²) >= 11 is 0. The SMILES string of the molecule is O=C(Nc1ccc(N2CCCC2)nc1)C1NNC2CC(F)C(c3cnn(C4CCNCC4)c3)CC21. The van der Waals surface area contributed by atoms with Crippen molar-refractivity contribution in [1.29, 1.82) is 0 Å². The van der Waals surface area contributed by atoms with Gasteiger partial charge in [-0.15, -0.1) is 0 Å². The molecule has 1 aliphatic carbocycles. The highest BCUT2D eigenvalue weighted by molar-refractivity contribution is 5.95. The van der Waals surface area contributed by atoms with Crippen molar-refractivity contribution in [2.75, 3.05) is 36.4 Å². The lowest BCUT2D eigenvalue weighted by atomic mass is 9.73. The van der Waals surface area contributed by atoms with Crippen molar-refractivity contribution < 1.29 is 9.18 Å². The molecule has 3 aliphatic heterocycles. The third-order valence-corrected chi connectivity index (χ3v) is 8.27. The second-order valence-electron chi connectivity index (χ2n) is 10.5. The van der Waals surface area contributed by atoms with Crippen LogP contribution in [0.25, 0.3) is 0 Å². The number of nitrogens with one attached hydrogen (secondary N) is 4. The number of carbonyl (C=O) groups excluding carboxylic acids is 1. The van der Waals surface area contributed by atoms with Crippen LogP contribution in [0.5, 0.6) is 0 Å². The summed E-state index contributed by atoms with van der Waals surface area (Å²) in [5.41, 5.74) is 7.95. The highest BCUT2D eigenvalue weighted by Crippen LogP contribution is 2.41. The van der Waals surface area contributed by atoms with E-state index in [1.165, 1.54) is 12.8 Å². The Labute approximate surface area is 205 Å². The number of pyridine rings is 1. The maximum absolute atomic E-state index is 15.2. The minimum Gasteiger partial charge on any atom is -0.357 e. The fourth-order valence-electron chi connectivity index (χ4n) is 6.26. The highest BCUT2D eigenvalue weighted by Gasteiger charge is 2.47. The first-order valence-corrected chi connectivity index (χ1v) is 13.1. The predicted molar refractivity (Wildman–Crippen MR) is 132 cm³/mol. The van der Waals surface area contributed by atoms with Gasteiger partial charge in [0.15, 0.2) is 0 Å². The zero-order chi connectivity index (χ0) is 23.8. The van der Waals surface area contributed by atoms with Crippen LogP contribution in [0.2, 0.25) is 0 Å². The smallest absolute Gasteiger partial charge is 0.243 e. The van der Waals surface area contributed by atoms with Gasteiger partial charge in [-0.3, -0.25) is 14.9 Å². The molecule has 9 nitrogen and oxygen atoms in total. The number of piperidine rings is 1. The summed E-state index contributed by atoms with van der Waals surface area (Å²) in [5, 5.41) is 11.0. The van der Waals surface area contributed by atoms with Crippen LogP contribution < -0.4 is 26.4 Å². The van der Waals surface area contributed by atoms with E-state index in [1.807, 2.05) is 29.2 Å². The average Bonchev–Trinajstić information content (AvgIpc) is 3.65. The second-order valence-corrected chi connectivity index (χ2v) is 10.5. The van der Waals surface area contributed by atoms with E-state index in [2.05, 4.69) is 36.5 Å². The molecule has 2 aromatic heterocycles. The molecule has 4 aliphatic rings. The van der Waals surface area contributed by atoms with E-state index in [0.29, 0.717) is 24.6 Å². The van der Waals surface area contributed by atoms with E-state index >= 15 is 4.39 Å². The summed E-state index contributed by atoms with van der Waals surface area (Å²) in [5.74, 6) is 0.605. The van der Waals surface area contributed by atoms with Gasteiger partial charge in [0.25, 0.3) is 0 Å². The first-order chi connectivity index (χ1) is 17.2. The number of rotatable bonds is 5. The van der Waals surface area contributed by atoms with Crippen molar-refractivity contribution >= 4 is 17.4 Å². The van der Waals surface area contributed by atoms with Crippen molar-refractivity contribution in [1.82, 2.24) is 30.9 Å². The van der Waals surface area contributed by atoms with E-state index in [-0.39, 0.29) is 23.8 Å². The molecule has 0 aromatic carbocycles. The highest BCUT2D eigenvalue weighted by atomic mass is 19.1. The molecule has 6 rings (SSSR count). The Morgan fingerprint density at radius 1 is 1.09 bits per heavy atom. The van der Waals surface area contributed by atoms with Crippen molar-refractivity contribution in [3.63, 3.8) is 0 Å². The van der Waals surface area contributed by atoms with Gasteiger partial charge in [-0.1, -0.05) is 0 Å². The van der Waals surface area contributed by atoms with E-state index in [0.717, 1.165) is 50.4 Å². The molecule has 4 N–H and O–H groups in total. The normalized spacial score (nSPS) is 31.5. The number of fused-ring (bicyclic) bond motifs is 1. The largest absolute Gasteiger partial charge is 0.357 e. The molecule has 4 fully saturated rings. The van der Waals surface area contributed by atoms with Gasteiger partial charge < -0.3 is 15.5 Å². The summed E-state index contributed by atoms with van der Waals surface area (Å²) in [6.07, 6.45) is 10.1. The average molecular weight is 483 g/mol. The number of hydrazine groups is 1. The summed E-state index contributed by atoms with van der Waals surface area (Å²) < 4.78 is 17.3. The van der Waals surface area contributed by atoms with Gasteiger partial charge >= 0.3 is 0 Å². The van der Waals surface area contributed by atoms with Crippen molar-refractivity contribution in [3.8, 4) is 0 Å². The van der Waals surface area contributed by atoms with Crippen molar-refractivity contribution in [3.05, 3.63) is 36.3 Å². The Hall–Kier alpha value is -2.56. The van der Waals surface area contributed by atoms with Gasteiger partial charge in [0, 0.05) is 37.2 Å². The molecular formula is C25H35FN8O. The number of hydrogen-bond donors (Lipinski definition) is 4. The van der Waals surface area contributed by atoms with Gasteiger partial charge in [0.2, 0.25) is 5.91 Å². The van der Waals surface area contributed by atoms with Crippen LogP contribution in [-0.4, -0.2) is 65.1 Å². The fraction of sp³-hybridized carbons (Fsp3) is 0.640. The lowest BCUT2D eigenvalue weighted by Crippen LogP contribution is -2.43. The minimum atomic E-state index is -0.958. The molecular weight excluding hydrogens is 447 g/mol. The minimum absolute atomic E-state index is 0.00561. The summed E-state index contributed by atoms with van der Waals surface area (Å²) in [7, 11) is 0. The van der Waals surface area contributed by atoms with Crippen molar-refractivity contribution in [2.45, 2.75) is 68.7 Å². The number of anilines is 2. The summed E-state index contributed by atoms with van der Waals surface area (Å²) in [4.78, 5) is 20.0. The Bertz CT molecular complexity index is 1020. The molecule has 1 saturated carbocycles. The fourth-order valence-corrected chi connectivity index (χ4v) is 6.26. The number of alkyl halides is 1.